The summed E-state index contributed by atoms with van der Waals surface area (Å²) in [6, 6.07) is 23.4. The standard InChI is InChI=1S/C34H33Cl4N3O4S/c1-22(2)39-34(43)32(17-24-7-5-4-6-8-24)40(20-25-11-12-26(35)18-30(25)38)33(42)21-41(31-19-27(36)13-16-29(31)37)46(44,45)28-14-9-23(3)10-15-28/h4-16,18-19,22,32H,17,20-21H2,1-3H3,(H,39,43)/t32-/m1/s1. The lowest BCUT2D eigenvalue weighted by Gasteiger charge is -2.34. The molecule has 0 aromatic heterocycles. The van der Waals surface area contributed by atoms with E-state index in [-0.39, 0.29) is 44.7 Å². The molecular formula is C34H33Cl4N3O4S. The Hall–Kier alpha value is -3.27. The summed E-state index contributed by atoms with van der Waals surface area (Å²) in [4.78, 5) is 29.7. The summed E-state index contributed by atoms with van der Waals surface area (Å²) in [6.07, 6.45) is 0.152. The van der Waals surface area contributed by atoms with E-state index >= 15 is 0 Å². The Morgan fingerprint density at radius 1 is 0.804 bits per heavy atom. The zero-order chi connectivity index (χ0) is 33.6. The first-order chi connectivity index (χ1) is 21.8. The Morgan fingerprint density at radius 2 is 1.43 bits per heavy atom. The molecule has 0 saturated carbocycles. The van der Waals surface area contributed by atoms with Crippen molar-refractivity contribution in [2.45, 2.75) is 50.7 Å². The van der Waals surface area contributed by atoms with Crippen LogP contribution in [0.5, 0.6) is 0 Å². The lowest BCUT2D eigenvalue weighted by atomic mass is 10.0. The maximum atomic E-state index is 14.6. The van der Waals surface area contributed by atoms with Crippen LogP contribution in [-0.2, 0) is 32.6 Å². The molecule has 4 rings (SSSR count). The van der Waals surface area contributed by atoms with Gasteiger partial charge in [-0.05, 0) is 74.4 Å². The Morgan fingerprint density at radius 3 is 2.07 bits per heavy atom. The molecule has 0 fully saturated rings. The van der Waals surface area contributed by atoms with Crippen LogP contribution in [0.25, 0.3) is 0 Å². The number of anilines is 1. The normalized spacial score (nSPS) is 12.1. The molecule has 0 saturated heterocycles. The van der Waals surface area contributed by atoms with E-state index in [1.807, 2.05) is 51.1 Å². The van der Waals surface area contributed by atoms with E-state index in [9.17, 15) is 18.0 Å². The second-order valence-electron chi connectivity index (χ2n) is 11.0. The fourth-order valence-corrected chi connectivity index (χ4v) is 7.13. The minimum Gasteiger partial charge on any atom is -0.352 e. The van der Waals surface area contributed by atoms with Gasteiger partial charge in [-0.15, -0.1) is 0 Å². The minimum atomic E-state index is -4.35. The van der Waals surface area contributed by atoms with Gasteiger partial charge in [0.1, 0.15) is 12.6 Å². The van der Waals surface area contributed by atoms with Gasteiger partial charge in [0.2, 0.25) is 11.8 Å². The molecule has 0 bridgehead atoms. The fraction of sp³-hybridized carbons (Fsp3) is 0.235. The van der Waals surface area contributed by atoms with Gasteiger partial charge < -0.3 is 10.2 Å². The highest BCUT2D eigenvalue weighted by Gasteiger charge is 2.35. The second kappa shape index (κ2) is 15.5. The van der Waals surface area contributed by atoms with Gasteiger partial charge in [-0.3, -0.25) is 13.9 Å². The van der Waals surface area contributed by atoms with Gasteiger partial charge in [-0.1, -0.05) is 100 Å². The van der Waals surface area contributed by atoms with Crippen molar-refractivity contribution in [2.24, 2.45) is 0 Å². The molecule has 0 heterocycles. The average molecular weight is 722 g/mol. The van der Waals surface area contributed by atoms with E-state index < -0.39 is 34.4 Å². The van der Waals surface area contributed by atoms with Crippen LogP contribution < -0.4 is 9.62 Å². The monoisotopic (exact) mass is 719 g/mol. The zero-order valence-electron chi connectivity index (χ0n) is 25.4. The molecule has 0 aliphatic heterocycles. The number of hydrogen-bond donors (Lipinski definition) is 1. The Labute approximate surface area is 290 Å². The summed E-state index contributed by atoms with van der Waals surface area (Å²) in [7, 11) is -4.35. The Bertz CT molecular complexity index is 1800. The predicted molar refractivity (Wildman–Crippen MR) is 186 cm³/mol. The van der Waals surface area contributed by atoms with Gasteiger partial charge in [0.25, 0.3) is 10.0 Å². The van der Waals surface area contributed by atoms with Crippen LogP contribution >= 0.6 is 46.4 Å². The van der Waals surface area contributed by atoms with E-state index in [4.69, 9.17) is 46.4 Å². The number of nitrogens with zero attached hydrogens (tertiary/aromatic N) is 2. The van der Waals surface area contributed by atoms with Crippen LogP contribution in [0.4, 0.5) is 5.69 Å². The topological polar surface area (TPSA) is 86.8 Å². The number of sulfonamides is 1. The number of benzene rings is 4. The van der Waals surface area contributed by atoms with Crippen molar-refractivity contribution in [1.29, 1.82) is 0 Å². The van der Waals surface area contributed by atoms with Crippen LogP contribution in [0, 0.1) is 6.92 Å². The third-order valence-corrected chi connectivity index (χ3v) is 10.0. The number of amides is 2. The maximum Gasteiger partial charge on any atom is 0.264 e. The summed E-state index contributed by atoms with van der Waals surface area (Å²) in [5.74, 6) is -1.08. The molecular weight excluding hydrogens is 688 g/mol. The van der Waals surface area contributed by atoms with Gasteiger partial charge in [-0.2, -0.15) is 0 Å². The molecule has 46 heavy (non-hydrogen) atoms. The van der Waals surface area contributed by atoms with Crippen molar-refractivity contribution in [3.63, 3.8) is 0 Å². The molecule has 4 aromatic carbocycles. The maximum absolute atomic E-state index is 14.6. The molecule has 0 unspecified atom stereocenters. The van der Waals surface area contributed by atoms with Gasteiger partial charge in [-0.25, -0.2) is 8.42 Å². The van der Waals surface area contributed by atoms with Crippen molar-refractivity contribution in [3.8, 4) is 0 Å². The van der Waals surface area contributed by atoms with Crippen LogP contribution in [0.2, 0.25) is 20.1 Å². The van der Waals surface area contributed by atoms with E-state index in [1.54, 1.807) is 30.3 Å². The smallest absolute Gasteiger partial charge is 0.264 e. The van der Waals surface area contributed by atoms with Crippen molar-refractivity contribution in [2.75, 3.05) is 10.8 Å². The van der Waals surface area contributed by atoms with Crippen molar-refractivity contribution in [1.82, 2.24) is 10.2 Å². The molecule has 7 nitrogen and oxygen atoms in total. The summed E-state index contributed by atoms with van der Waals surface area (Å²) in [5, 5.41) is 3.89. The number of nitrogens with one attached hydrogen (secondary N) is 1. The minimum absolute atomic E-state index is 0.0128. The van der Waals surface area contributed by atoms with E-state index in [0.717, 1.165) is 15.4 Å². The highest BCUT2D eigenvalue weighted by molar-refractivity contribution is 7.92. The quantitative estimate of drug-likeness (QED) is 0.161. The molecule has 1 N–H and O–H groups in total. The fourth-order valence-electron chi connectivity index (χ4n) is 4.80. The van der Waals surface area contributed by atoms with Crippen LogP contribution in [0.3, 0.4) is 0 Å². The van der Waals surface area contributed by atoms with E-state index in [0.29, 0.717) is 10.6 Å². The molecule has 0 aliphatic carbocycles. The lowest BCUT2D eigenvalue weighted by molar-refractivity contribution is -0.140. The molecule has 0 radical (unpaired) electrons. The van der Waals surface area contributed by atoms with Gasteiger partial charge in [0, 0.05) is 34.1 Å². The van der Waals surface area contributed by atoms with Crippen LogP contribution in [-0.4, -0.2) is 43.8 Å². The largest absolute Gasteiger partial charge is 0.352 e. The first-order valence-corrected chi connectivity index (χ1v) is 17.3. The molecule has 2 amide bonds. The van der Waals surface area contributed by atoms with E-state index in [1.165, 1.54) is 35.2 Å². The third kappa shape index (κ3) is 8.96. The summed E-state index contributed by atoms with van der Waals surface area (Å²) in [5.41, 5.74) is 2.18. The summed E-state index contributed by atoms with van der Waals surface area (Å²) < 4.78 is 29.3. The van der Waals surface area contributed by atoms with Crippen molar-refractivity contribution in [3.05, 3.63) is 128 Å². The zero-order valence-corrected chi connectivity index (χ0v) is 29.2. The highest BCUT2D eigenvalue weighted by atomic mass is 35.5. The molecule has 1 atom stereocenters. The third-order valence-electron chi connectivity index (χ3n) is 7.12. The molecule has 0 spiro atoms. The summed E-state index contributed by atoms with van der Waals surface area (Å²) >= 11 is 25.5. The molecule has 242 valence electrons. The van der Waals surface area contributed by atoms with Crippen LogP contribution in [0.15, 0.2) is 95.9 Å². The Balaban J connectivity index is 1.86. The Kier molecular flexibility index (Phi) is 12.0. The summed E-state index contributed by atoms with van der Waals surface area (Å²) in [6.45, 7) is 4.66. The number of carbonyl (C=O) groups is 2. The van der Waals surface area contributed by atoms with Crippen molar-refractivity contribution < 1.29 is 18.0 Å². The van der Waals surface area contributed by atoms with Crippen LogP contribution in [0.1, 0.15) is 30.5 Å². The number of carbonyl (C=O) groups excluding carboxylic acids is 2. The highest BCUT2D eigenvalue weighted by Crippen LogP contribution is 2.34. The first kappa shape index (κ1) is 35.6. The number of hydrogen-bond acceptors (Lipinski definition) is 4. The van der Waals surface area contributed by atoms with Gasteiger partial charge in [0.05, 0.1) is 15.6 Å². The second-order valence-corrected chi connectivity index (χ2v) is 14.6. The van der Waals surface area contributed by atoms with E-state index in [2.05, 4.69) is 5.32 Å². The number of rotatable bonds is 12. The SMILES string of the molecule is Cc1ccc(S(=O)(=O)N(CC(=O)N(Cc2ccc(Cl)cc2Cl)[C@H](Cc2ccccc2)C(=O)NC(C)C)c2cc(Cl)ccc2Cl)cc1. The molecule has 4 aromatic rings. The average Bonchev–Trinajstić information content (AvgIpc) is 3.00. The number of halogens is 4. The van der Waals surface area contributed by atoms with Gasteiger partial charge >= 0.3 is 0 Å². The lowest BCUT2D eigenvalue weighted by Crippen LogP contribution is -2.54. The molecule has 12 heteroatoms. The van der Waals surface area contributed by atoms with Crippen molar-refractivity contribution >= 4 is 73.9 Å². The molecule has 0 aliphatic rings. The number of aryl methyl sites for hydroxylation is 1. The predicted octanol–water partition coefficient (Wildman–Crippen LogP) is 7.97. The first-order valence-electron chi connectivity index (χ1n) is 14.4. The van der Waals surface area contributed by atoms with Gasteiger partial charge in [0.15, 0.2) is 0 Å².